The van der Waals surface area contributed by atoms with Gasteiger partial charge in [-0.2, -0.15) is 0 Å². The van der Waals surface area contributed by atoms with E-state index in [2.05, 4.69) is 5.32 Å². The van der Waals surface area contributed by atoms with Gasteiger partial charge in [-0.25, -0.2) is 0 Å². The molecule has 3 N–H and O–H groups in total. The van der Waals surface area contributed by atoms with Crippen molar-refractivity contribution in [2.75, 3.05) is 51.6 Å². The molecule has 0 saturated heterocycles. The number of nitrogens with two attached hydrogens (primary N) is 1. The number of nitrogens with one attached hydrogen (secondary N) is 1. The molecule has 0 fully saturated rings. The Balaban J connectivity index is 2.30. The van der Waals surface area contributed by atoms with Crippen molar-refractivity contribution in [2.24, 2.45) is 0 Å². The molecule has 0 aliphatic heterocycles. The van der Waals surface area contributed by atoms with Crippen LogP contribution in [-0.4, -0.2) is 40.6 Å². The van der Waals surface area contributed by atoms with Crippen molar-refractivity contribution >= 4 is 11.4 Å². The molecule has 0 spiro atoms. The summed E-state index contributed by atoms with van der Waals surface area (Å²) in [6, 6.07) is 5.51. The van der Waals surface area contributed by atoms with Crippen LogP contribution in [0.2, 0.25) is 0 Å². The van der Waals surface area contributed by atoms with Gasteiger partial charge in [0.1, 0.15) is 5.75 Å². The molecular formula is C12H20N2O3. The molecular weight excluding hydrogens is 220 g/mol. The van der Waals surface area contributed by atoms with E-state index >= 15 is 0 Å². The molecule has 0 heterocycles. The van der Waals surface area contributed by atoms with Gasteiger partial charge in [0.15, 0.2) is 0 Å². The topological polar surface area (TPSA) is 65.7 Å². The van der Waals surface area contributed by atoms with Crippen molar-refractivity contribution in [3.05, 3.63) is 18.2 Å². The number of benzene rings is 1. The first-order valence-corrected chi connectivity index (χ1v) is 5.52. The van der Waals surface area contributed by atoms with Crippen LogP contribution in [0.25, 0.3) is 0 Å². The highest BCUT2D eigenvalue weighted by Gasteiger charge is 2.00. The SMILES string of the molecule is COCCOCCNc1cc(OC)ccc1N. The predicted octanol–water partition coefficient (Wildman–Crippen LogP) is 1.35. The van der Waals surface area contributed by atoms with Gasteiger partial charge >= 0.3 is 0 Å². The predicted molar refractivity (Wildman–Crippen MR) is 68.6 cm³/mol. The van der Waals surface area contributed by atoms with E-state index in [4.69, 9.17) is 19.9 Å². The average Bonchev–Trinajstić information content (AvgIpc) is 2.35. The van der Waals surface area contributed by atoms with Crippen molar-refractivity contribution in [2.45, 2.75) is 0 Å². The maximum atomic E-state index is 5.83. The molecule has 0 saturated carbocycles. The summed E-state index contributed by atoms with van der Waals surface area (Å²) in [6.45, 7) is 2.52. The molecule has 0 amide bonds. The van der Waals surface area contributed by atoms with Crippen LogP contribution in [0, 0.1) is 0 Å². The Bertz CT molecular complexity index is 332. The minimum Gasteiger partial charge on any atom is -0.497 e. The van der Waals surface area contributed by atoms with E-state index in [1.807, 2.05) is 18.2 Å². The van der Waals surface area contributed by atoms with Gasteiger partial charge in [0, 0.05) is 19.7 Å². The first-order chi connectivity index (χ1) is 8.27. The van der Waals surface area contributed by atoms with Crippen molar-refractivity contribution in [3.8, 4) is 5.75 Å². The smallest absolute Gasteiger partial charge is 0.121 e. The molecule has 0 unspecified atom stereocenters. The van der Waals surface area contributed by atoms with Crippen LogP contribution < -0.4 is 15.8 Å². The van der Waals surface area contributed by atoms with Crippen molar-refractivity contribution in [1.82, 2.24) is 0 Å². The molecule has 1 aromatic rings. The second-order valence-corrected chi connectivity index (χ2v) is 3.49. The number of hydrogen-bond donors (Lipinski definition) is 2. The first kappa shape index (κ1) is 13.6. The summed E-state index contributed by atoms with van der Waals surface area (Å²) in [5, 5.41) is 3.19. The van der Waals surface area contributed by atoms with E-state index in [0.29, 0.717) is 32.1 Å². The summed E-state index contributed by atoms with van der Waals surface area (Å²) in [5.74, 6) is 0.780. The maximum Gasteiger partial charge on any atom is 0.121 e. The Hall–Kier alpha value is -1.46. The molecule has 0 atom stereocenters. The number of anilines is 2. The molecule has 0 aliphatic carbocycles. The van der Waals surface area contributed by atoms with Crippen LogP contribution in [0.1, 0.15) is 0 Å². The number of methoxy groups -OCH3 is 2. The summed E-state index contributed by atoms with van der Waals surface area (Å²) in [6.07, 6.45) is 0. The van der Waals surface area contributed by atoms with E-state index in [9.17, 15) is 0 Å². The Labute approximate surface area is 102 Å². The maximum absolute atomic E-state index is 5.83. The fourth-order valence-electron chi connectivity index (χ4n) is 1.32. The fourth-order valence-corrected chi connectivity index (χ4v) is 1.32. The van der Waals surface area contributed by atoms with Crippen LogP contribution in [0.3, 0.4) is 0 Å². The number of ether oxygens (including phenoxy) is 3. The van der Waals surface area contributed by atoms with Gasteiger partial charge in [-0.1, -0.05) is 0 Å². The van der Waals surface area contributed by atoms with Gasteiger partial charge in [0.25, 0.3) is 0 Å². The lowest BCUT2D eigenvalue weighted by molar-refractivity contribution is 0.0759. The van der Waals surface area contributed by atoms with Crippen LogP contribution in [0.15, 0.2) is 18.2 Å². The largest absolute Gasteiger partial charge is 0.497 e. The van der Waals surface area contributed by atoms with Gasteiger partial charge < -0.3 is 25.3 Å². The molecule has 0 aromatic heterocycles. The van der Waals surface area contributed by atoms with Crippen LogP contribution in [0.5, 0.6) is 5.75 Å². The number of rotatable bonds is 8. The zero-order valence-electron chi connectivity index (χ0n) is 10.4. The van der Waals surface area contributed by atoms with Gasteiger partial charge in [-0.05, 0) is 12.1 Å². The monoisotopic (exact) mass is 240 g/mol. The van der Waals surface area contributed by atoms with Crippen molar-refractivity contribution < 1.29 is 14.2 Å². The lowest BCUT2D eigenvalue weighted by atomic mass is 10.2. The quantitative estimate of drug-likeness (QED) is 0.530. The second kappa shape index (κ2) is 7.76. The Morgan fingerprint density at radius 1 is 1.18 bits per heavy atom. The second-order valence-electron chi connectivity index (χ2n) is 3.49. The zero-order valence-corrected chi connectivity index (χ0v) is 10.4. The number of hydrogen-bond acceptors (Lipinski definition) is 5. The molecule has 1 aromatic carbocycles. The molecule has 0 bridgehead atoms. The Kier molecular flexibility index (Phi) is 6.21. The van der Waals surface area contributed by atoms with Gasteiger partial charge in [-0.15, -0.1) is 0 Å². The summed E-state index contributed by atoms with van der Waals surface area (Å²) < 4.78 is 15.3. The van der Waals surface area contributed by atoms with Crippen molar-refractivity contribution in [3.63, 3.8) is 0 Å². The summed E-state index contributed by atoms with van der Waals surface area (Å²) in [5.41, 5.74) is 7.39. The minimum absolute atomic E-state index is 0.603. The summed E-state index contributed by atoms with van der Waals surface area (Å²) in [4.78, 5) is 0. The first-order valence-electron chi connectivity index (χ1n) is 5.52. The third-order valence-electron chi connectivity index (χ3n) is 2.25. The molecule has 0 radical (unpaired) electrons. The lowest BCUT2D eigenvalue weighted by Crippen LogP contribution is -2.12. The molecule has 96 valence electrons. The van der Waals surface area contributed by atoms with Crippen LogP contribution >= 0.6 is 0 Å². The van der Waals surface area contributed by atoms with Gasteiger partial charge in [0.05, 0.1) is 38.3 Å². The lowest BCUT2D eigenvalue weighted by Gasteiger charge is -2.11. The fraction of sp³-hybridized carbons (Fsp3) is 0.500. The van der Waals surface area contributed by atoms with Gasteiger partial charge in [-0.3, -0.25) is 0 Å². The van der Waals surface area contributed by atoms with Crippen LogP contribution in [0.4, 0.5) is 11.4 Å². The Morgan fingerprint density at radius 2 is 2.00 bits per heavy atom. The summed E-state index contributed by atoms with van der Waals surface area (Å²) >= 11 is 0. The van der Waals surface area contributed by atoms with E-state index in [1.165, 1.54) is 0 Å². The normalized spacial score (nSPS) is 10.2. The molecule has 5 heteroatoms. The van der Waals surface area contributed by atoms with E-state index in [1.54, 1.807) is 14.2 Å². The molecule has 0 aliphatic rings. The molecule has 17 heavy (non-hydrogen) atoms. The number of nitrogen functional groups attached to an aromatic ring is 1. The van der Waals surface area contributed by atoms with Crippen molar-refractivity contribution in [1.29, 1.82) is 0 Å². The highest BCUT2D eigenvalue weighted by molar-refractivity contribution is 5.68. The van der Waals surface area contributed by atoms with Gasteiger partial charge in [0.2, 0.25) is 0 Å². The standard InChI is InChI=1S/C12H20N2O3/c1-15-7-8-17-6-5-14-12-9-10(16-2)3-4-11(12)13/h3-4,9,14H,5-8,13H2,1-2H3. The zero-order chi connectivity index (χ0) is 12.5. The van der Waals surface area contributed by atoms with Crippen LogP contribution in [-0.2, 0) is 9.47 Å². The molecule has 5 nitrogen and oxygen atoms in total. The Morgan fingerprint density at radius 3 is 2.71 bits per heavy atom. The van der Waals surface area contributed by atoms with E-state index < -0.39 is 0 Å². The third-order valence-corrected chi connectivity index (χ3v) is 2.25. The third kappa shape index (κ3) is 4.93. The average molecular weight is 240 g/mol. The van der Waals surface area contributed by atoms with E-state index in [-0.39, 0.29) is 0 Å². The minimum atomic E-state index is 0.603. The highest BCUT2D eigenvalue weighted by atomic mass is 16.5. The van der Waals surface area contributed by atoms with E-state index in [0.717, 1.165) is 11.4 Å². The summed E-state index contributed by atoms with van der Waals surface area (Å²) in [7, 11) is 3.28. The highest BCUT2D eigenvalue weighted by Crippen LogP contribution is 2.23. The molecule has 1 rings (SSSR count).